The third-order valence-corrected chi connectivity index (χ3v) is 16.4. The number of likely N-dealkylation sites (tertiary alicyclic amines) is 1. The quantitative estimate of drug-likeness (QED) is 0.00782. The highest BCUT2D eigenvalue weighted by Crippen LogP contribution is 2.34. The van der Waals surface area contributed by atoms with Crippen molar-refractivity contribution in [2.75, 3.05) is 44.0 Å². The maximum Gasteiger partial charge on any atom is 0.328 e. The molecule has 1 fully saturated rings. The van der Waals surface area contributed by atoms with Gasteiger partial charge in [0.15, 0.2) is 11.8 Å². The van der Waals surface area contributed by atoms with Crippen molar-refractivity contribution in [1.29, 1.82) is 0 Å². The number of hydrogen-bond acceptors (Lipinski definition) is 21. The molecule has 1 saturated heterocycles. The van der Waals surface area contributed by atoms with E-state index < -0.39 is 108 Å². The van der Waals surface area contributed by atoms with Gasteiger partial charge in [0.25, 0.3) is 11.8 Å². The van der Waals surface area contributed by atoms with Gasteiger partial charge in [-0.15, -0.1) is 0 Å². The second-order valence-electron chi connectivity index (χ2n) is 23.6. The number of oxazole rings is 2. The molecule has 0 saturated carbocycles. The molecule has 7 rings (SSSR count). The predicted molar refractivity (Wildman–Crippen MR) is 355 cm³/mol. The number of aliphatic carboxylic acids is 1. The molecule has 10 N–H and O–H groups in total. The van der Waals surface area contributed by atoms with Crippen LogP contribution in [0.1, 0.15) is 171 Å². The highest BCUT2D eigenvalue weighted by atomic mass is 32.1. The van der Waals surface area contributed by atoms with Crippen LogP contribution in [0.4, 0.5) is 11.9 Å². The first-order valence-electron chi connectivity index (χ1n) is 32.1. The number of hydrogen-bond donors (Lipinski definition) is 9. The van der Waals surface area contributed by atoms with Gasteiger partial charge in [0.05, 0.1) is 54.5 Å². The maximum atomic E-state index is 14.5. The monoisotopic (exact) mass is 1360 g/mol. The standard InChI is InChI=1S/C65H84N14O17S/c1-9-37(18-13-12-17-34(4)5)19-21-50-72-41(11-3)56(96-50)61(89)76-65-74-44-28-39(58(67)86)30-46(93-25-16-26-94-63(91)35(6)69-48(80)32-68-59(87)42(20-22-52(83)84)71-49(81)33-79-51(82)31-47(97)62(79)90)54(44)78(65)24-15-14-23-77-53-43(27-38(57(66)85)29-45(53)92-8)73-64(77)75-60(88)55-40(10-2)70-36(7)95-55/h14-15,27-30,34-35,37,42,47,97H,9-13,16-26,31-33H2,1-8H3,(H2,66,85)(H2,67,86)(H,68,87)(H,69,80)(H,71,81)(H,83,84)(H,73,75,88)(H,74,76,89)/b15-14+/t35-,37?,42+,47?/m1/s1. The van der Waals surface area contributed by atoms with Crippen molar-refractivity contribution in [3.05, 3.63) is 82.2 Å². The lowest BCUT2D eigenvalue weighted by molar-refractivity contribution is -0.147. The van der Waals surface area contributed by atoms with E-state index in [0.29, 0.717) is 58.8 Å². The number of thiol groups is 1. The average Bonchev–Trinajstić information content (AvgIpc) is 1.63. The van der Waals surface area contributed by atoms with Gasteiger partial charge < -0.3 is 64.7 Å². The molecule has 1 aliphatic rings. The Bertz CT molecular complexity index is 3960. The van der Waals surface area contributed by atoms with Crippen LogP contribution in [0.15, 0.2) is 45.3 Å². The van der Waals surface area contributed by atoms with Gasteiger partial charge in [-0.3, -0.25) is 63.5 Å². The number of rotatable bonds is 38. The number of carboxylic acid groups (broad SMARTS) is 1. The molecule has 0 spiro atoms. The SMILES string of the molecule is CCc1nc(C)oc1C(=O)Nc1nc2cc(C(N)=O)cc(OC)c2n1C/C=C/Cn1c(NC(=O)c2oc(CCC(CC)CCCCC(C)C)nc2CC)nc2cc(C(N)=O)cc(OCCCOC(=O)[C@@H](C)NC(=O)CNC(=O)[C@H](CCC(=O)O)NC(=O)CN3C(=O)CC(S)C3=O)c21. The number of allylic oxidation sites excluding steroid dienone is 2. The number of ether oxygens (including phenoxy) is 3. The number of esters is 1. The van der Waals surface area contributed by atoms with Crippen LogP contribution in [0, 0.1) is 18.8 Å². The van der Waals surface area contributed by atoms with Crippen LogP contribution in [0.25, 0.3) is 22.1 Å². The van der Waals surface area contributed by atoms with E-state index in [1.54, 1.807) is 28.2 Å². The summed E-state index contributed by atoms with van der Waals surface area (Å²) in [6.45, 7) is 11.3. The highest BCUT2D eigenvalue weighted by Gasteiger charge is 2.38. The van der Waals surface area contributed by atoms with Crippen molar-refractivity contribution < 1.29 is 80.9 Å². The number of aromatic nitrogens is 6. The number of unbranched alkanes of at least 4 members (excludes halogenated alkanes) is 1. The fourth-order valence-corrected chi connectivity index (χ4v) is 11.1. The van der Waals surface area contributed by atoms with Gasteiger partial charge in [-0.05, 0) is 68.7 Å². The molecule has 522 valence electrons. The molecule has 31 nitrogen and oxygen atoms in total. The van der Waals surface area contributed by atoms with Gasteiger partial charge in [-0.2, -0.15) is 12.6 Å². The number of aryl methyl sites for hydroxylation is 4. The summed E-state index contributed by atoms with van der Waals surface area (Å²) in [5, 5.41) is 21.0. The predicted octanol–water partition coefficient (Wildman–Crippen LogP) is 5.28. The molecule has 2 aromatic carbocycles. The smallest absolute Gasteiger partial charge is 0.328 e. The van der Waals surface area contributed by atoms with Gasteiger partial charge in [-0.1, -0.05) is 78.9 Å². The zero-order valence-electron chi connectivity index (χ0n) is 55.5. The lowest BCUT2D eigenvalue weighted by Gasteiger charge is -2.20. The van der Waals surface area contributed by atoms with E-state index in [4.69, 9.17) is 44.5 Å². The number of carbonyl (C=O) groups is 11. The number of primary amides is 2. The number of nitrogens with two attached hydrogens (primary N) is 2. The lowest BCUT2D eigenvalue weighted by Crippen LogP contribution is -2.52. The van der Waals surface area contributed by atoms with E-state index in [1.165, 1.54) is 44.7 Å². The van der Waals surface area contributed by atoms with Crippen LogP contribution in [-0.4, -0.2) is 155 Å². The molecule has 32 heteroatoms. The number of carboxylic acids is 1. The molecule has 1 aliphatic heterocycles. The van der Waals surface area contributed by atoms with Gasteiger partial charge in [0.2, 0.25) is 64.8 Å². The number of nitrogens with one attached hydrogen (secondary N) is 5. The number of carbonyl (C=O) groups excluding carboxylic acids is 10. The molecule has 0 radical (unpaired) electrons. The normalized spacial score (nSPS) is 14.0. The largest absolute Gasteiger partial charge is 0.494 e. The summed E-state index contributed by atoms with van der Waals surface area (Å²) in [4.78, 5) is 161. The molecule has 5 heterocycles. The molecular formula is C65H84N14O17S. The van der Waals surface area contributed by atoms with Crippen LogP contribution in [0.2, 0.25) is 0 Å². The summed E-state index contributed by atoms with van der Waals surface area (Å²) in [6.07, 6.45) is 9.93. The second-order valence-corrected chi connectivity index (χ2v) is 24.3. The molecule has 97 heavy (non-hydrogen) atoms. The van der Waals surface area contributed by atoms with Crippen LogP contribution in [0.3, 0.4) is 0 Å². The van der Waals surface area contributed by atoms with Crippen LogP contribution < -0.4 is 47.5 Å². The minimum atomic E-state index is -1.48. The summed E-state index contributed by atoms with van der Waals surface area (Å²) in [7, 11) is 1.40. The van der Waals surface area contributed by atoms with Crippen molar-refractivity contribution >= 4 is 112 Å². The van der Waals surface area contributed by atoms with Crippen LogP contribution >= 0.6 is 12.6 Å². The summed E-state index contributed by atoms with van der Waals surface area (Å²) in [6, 6.07) is 3.00. The van der Waals surface area contributed by atoms with Crippen molar-refractivity contribution in [2.24, 2.45) is 23.3 Å². The molecule has 6 aromatic rings. The van der Waals surface area contributed by atoms with Gasteiger partial charge in [-0.25, -0.2) is 24.7 Å². The molecule has 0 aliphatic carbocycles. The minimum Gasteiger partial charge on any atom is -0.494 e. The Morgan fingerprint density at radius 2 is 1.33 bits per heavy atom. The third-order valence-electron chi connectivity index (χ3n) is 16.0. The minimum absolute atomic E-state index is 0.00613. The van der Waals surface area contributed by atoms with E-state index in [-0.39, 0.29) is 108 Å². The van der Waals surface area contributed by atoms with Gasteiger partial charge in [0, 0.05) is 56.8 Å². The molecule has 9 amide bonds. The average molecular weight is 1370 g/mol. The highest BCUT2D eigenvalue weighted by molar-refractivity contribution is 7.81. The molecule has 2 unspecified atom stereocenters. The van der Waals surface area contributed by atoms with Crippen LogP contribution in [0.5, 0.6) is 11.5 Å². The summed E-state index contributed by atoms with van der Waals surface area (Å²) in [5.41, 5.74) is 13.6. The summed E-state index contributed by atoms with van der Waals surface area (Å²) >= 11 is 4.02. The van der Waals surface area contributed by atoms with Crippen molar-refractivity contribution in [3.63, 3.8) is 0 Å². The molecular weight excluding hydrogens is 1280 g/mol. The first-order chi connectivity index (χ1) is 46.2. The Kier molecular flexibility index (Phi) is 26.4. The fraction of sp³-hybridized carbons (Fsp3) is 0.492. The third kappa shape index (κ3) is 19.7. The van der Waals surface area contributed by atoms with E-state index in [1.807, 2.05) is 13.8 Å². The number of amides is 9. The Morgan fingerprint density at radius 3 is 1.89 bits per heavy atom. The fourth-order valence-electron chi connectivity index (χ4n) is 10.8. The number of anilines is 2. The Morgan fingerprint density at radius 1 is 0.742 bits per heavy atom. The molecule has 0 bridgehead atoms. The Balaban J connectivity index is 1.10. The number of benzene rings is 2. The van der Waals surface area contributed by atoms with E-state index in [0.717, 1.165) is 32.1 Å². The Labute approximate surface area is 563 Å². The first-order valence-corrected chi connectivity index (χ1v) is 32.6. The zero-order valence-corrected chi connectivity index (χ0v) is 56.4. The number of imide groups is 1. The van der Waals surface area contributed by atoms with Crippen molar-refractivity contribution in [1.82, 2.24) is 49.9 Å². The van der Waals surface area contributed by atoms with E-state index in [2.05, 4.69) is 70.0 Å². The molecule has 4 atom stereocenters. The summed E-state index contributed by atoms with van der Waals surface area (Å²) < 4.78 is 32.6. The summed E-state index contributed by atoms with van der Waals surface area (Å²) in [5.74, 6) is -7.07. The Hall–Kier alpha value is -10.1. The first kappa shape index (κ1) is 74.3. The van der Waals surface area contributed by atoms with Crippen molar-refractivity contribution in [2.45, 2.75) is 162 Å². The maximum absolute atomic E-state index is 14.5. The second kappa shape index (κ2) is 34.5. The van der Waals surface area contributed by atoms with Crippen molar-refractivity contribution in [3.8, 4) is 11.5 Å². The number of fused-ring (bicyclic) bond motifs is 2. The van der Waals surface area contributed by atoms with Gasteiger partial charge in [0.1, 0.15) is 41.2 Å². The zero-order chi connectivity index (χ0) is 70.8. The number of methoxy groups -OCH3 is 1. The lowest BCUT2D eigenvalue weighted by atomic mass is 9.93. The van der Waals surface area contributed by atoms with Crippen LogP contribution in [-0.2, 0) is 70.7 Å². The van der Waals surface area contributed by atoms with E-state index in [9.17, 15) is 57.8 Å². The van der Waals surface area contributed by atoms with E-state index >= 15 is 0 Å². The van der Waals surface area contributed by atoms with Gasteiger partial charge >= 0.3 is 11.9 Å². The number of nitrogens with zero attached hydrogens (tertiary/aromatic N) is 7. The number of imidazole rings is 2. The molecule has 4 aromatic heterocycles. The topological polar surface area (TPSA) is 439 Å².